The largest absolute Gasteiger partial charge is 0.360 e. The zero-order valence-corrected chi connectivity index (χ0v) is 13.6. The van der Waals surface area contributed by atoms with Crippen LogP contribution in [-0.4, -0.2) is 12.2 Å². The molecule has 1 heterocycles. The highest BCUT2D eigenvalue weighted by Crippen LogP contribution is 2.39. The molecule has 1 nitrogen and oxygen atoms in total. The van der Waals surface area contributed by atoms with Crippen molar-refractivity contribution in [3.05, 3.63) is 116 Å². The summed E-state index contributed by atoms with van der Waals surface area (Å²) in [5, 5.41) is 7.78. The first kappa shape index (κ1) is 13.4. The molecular weight excluding hydrogens is 304 g/mol. The van der Waals surface area contributed by atoms with Crippen molar-refractivity contribution in [2.24, 2.45) is 0 Å². The predicted octanol–water partition coefficient (Wildman–Crippen LogP) is 2.91. The minimum absolute atomic E-state index is 0.194. The lowest BCUT2D eigenvalue weighted by atomic mass is 9.89. The van der Waals surface area contributed by atoms with Crippen LogP contribution in [0.3, 0.4) is 0 Å². The molecule has 0 saturated carbocycles. The first-order valence-electron chi connectivity index (χ1n) is 8.78. The summed E-state index contributed by atoms with van der Waals surface area (Å²) >= 11 is 0. The van der Waals surface area contributed by atoms with E-state index in [1.165, 1.54) is 42.5 Å². The highest BCUT2D eigenvalue weighted by Gasteiger charge is 2.43. The molecule has 6 rings (SSSR count). The number of hydrogen-bond donors (Lipinski definition) is 0. The fraction of sp³-hybridized carbons (Fsp3) is 0.0833. The zero-order chi connectivity index (χ0) is 16.4. The Morgan fingerprint density at radius 3 is 1.68 bits per heavy atom. The van der Waals surface area contributed by atoms with Crippen LogP contribution in [0.5, 0.6) is 0 Å². The second kappa shape index (κ2) is 4.81. The molecule has 118 valence electrons. The van der Waals surface area contributed by atoms with E-state index in [0.717, 1.165) is 0 Å². The minimum atomic E-state index is 0.194. The highest BCUT2D eigenvalue weighted by molar-refractivity contribution is 5.98. The fourth-order valence-corrected chi connectivity index (χ4v) is 4.33. The van der Waals surface area contributed by atoms with Crippen LogP contribution >= 0.6 is 0 Å². The predicted molar refractivity (Wildman–Crippen MR) is 98.5 cm³/mol. The Hall–Kier alpha value is -2.90. The van der Waals surface area contributed by atoms with E-state index in [1.54, 1.807) is 0 Å². The topological polar surface area (TPSA) is 12.5 Å². The molecule has 1 heteroatoms. The van der Waals surface area contributed by atoms with Gasteiger partial charge in [-0.1, -0.05) is 84.9 Å². The molecule has 0 amide bonds. The molecule has 1 aliphatic heterocycles. The Bertz CT molecular complexity index is 1380. The Morgan fingerprint density at radius 2 is 1.04 bits per heavy atom. The van der Waals surface area contributed by atoms with Crippen LogP contribution in [0.25, 0.3) is 11.1 Å². The Balaban J connectivity index is 2.12. The summed E-state index contributed by atoms with van der Waals surface area (Å²) in [7, 11) is 0. The lowest BCUT2D eigenvalue weighted by molar-refractivity contribution is 0.418. The molecule has 3 aromatic carbocycles. The first-order valence-corrected chi connectivity index (χ1v) is 8.78. The first-order chi connectivity index (χ1) is 12.4. The van der Waals surface area contributed by atoms with E-state index >= 15 is 0 Å². The quantitative estimate of drug-likeness (QED) is 0.580. The van der Waals surface area contributed by atoms with Crippen molar-refractivity contribution in [2.75, 3.05) is 0 Å². The lowest BCUT2D eigenvalue weighted by Gasteiger charge is -2.13. The molecule has 2 unspecified atom stereocenters. The van der Waals surface area contributed by atoms with Crippen molar-refractivity contribution in [2.45, 2.75) is 12.2 Å². The highest BCUT2D eigenvalue weighted by atomic mass is 16.6. The SMILES string of the molecule is C1=CC2OC2C2=c3ccccc3=c3ccccc3=c3ccccc3=C12. The van der Waals surface area contributed by atoms with Crippen molar-refractivity contribution in [1.82, 2.24) is 0 Å². The van der Waals surface area contributed by atoms with Crippen molar-refractivity contribution < 1.29 is 4.74 Å². The molecular formula is C24H16O. The van der Waals surface area contributed by atoms with Gasteiger partial charge in [0.05, 0.1) is 0 Å². The summed E-state index contributed by atoms with van der Waals surface area (Å²) in [6, 6.07) is 26.2. The van der Waals surface area contributed by atoms with Crippen molar-refractivity contribution in [3.8, 4) is 0 Å². The summed E-state index contributed by atoms with van der Waals surface area (Å²) in [6.45, 7) is 0. The van der Waals surface area contributed by atoms with Gasteiger partial charge in [-0.15, -0.1) is 0 Å². The van der Waals surface area contributed by atoms with Crippen LogP contribution in [0.4, 0.5) is 0 Å². The number of allylic oxidation sites excluding steroid dienone is 1. The molecule has 0 spiro atoms. The van der Waals surface area contributed by atoms with Gasteiger partial charge >= 0.3 is 0 Å². The summed E-state index contributed by atoms with van der Waals surface area (Å²) < 4.78 is 5.96. The van der Waals surface area contributed by atoms with Gasteiger partial charge in [-0.2, -0.15) is 0 Å². The molecule has 0 radical (unpaired) electrons. The minimum Gasteiger partial charge on any atom is -0.360 e. The van der Waals surface area contributed by atoms with Gasteiger partial charge in [-0.05, 0) is 42.5 Å². The van der Waals surface area contributed by atoms with Crippen LogP contribution in [-0.2, 0) is 4.74 Å². The number of rotatable bonds is 0. The summed E-state index contributed by atoms with van der Waals surface area (Å²) in [5.74, 6) is 0. The zero-order valence-electron chi connectivity index (χ0n) is 13.6. The third-order valence-corrected chi connectivity index (χ3v) is 5.49. The van der Waals surface area contributed by atoms with E-state index in [0.29, 0.717) is 0 Å². The maximum atomic E-state index is 5.96. The number of epoxide rings is 1. The molecule has 3 aromatic rings. The second-order valence-corrected chi connectivity index (χ2v) is 6.84. The maximum absolute atomic E-state index is 5.96. The van der Waals surface area contributed by atoms with Gasteiger partial charge in [0.25, 0.3) is 0 Å². The average Bonchev–Trinajstić information content (AvgIpc) is 3.46. The molecule has 25 heavy (non-hydrogen) atoms. The normalized spacial score (nSPS) is 21.9. The van der Waals surface area contributed by atoms with Crippen molar-refractivity contribution in [3.63, 3.8) is 0 Å². The lowest BCUT2D eigenvalue weighted by Crippen LogP contribution is -2.22. The van der Waals surface area contributed by atoms with Crippen molar-refractivity contribution >= 4 is 11.1 Å². The monoisotopic (exact) mass is 320 g/mol. The number of ether oxygens (including phenoxy) is 1. The van der Waals surface area contributed by atoms with E-state index in [1.807, 2.05) is 0 Å². The number of benzene rings is 3. The second-order valence-electron chi connectivity index (χ2n) is 6.84. The molecule has 1 fully saturated rings. The molecule has 0 bridgehead atoms. The molecule has 0 N–H and O–H groups in total. The van der Waals surface area contributed by atoms with Gasteiger partial charge in [0.1, 0.15) is 12.2 Å². The van der Waals surface area contributed by atoms with Gasteiger partial charge < -0.3 is 4.74 Å². The Morgan fingerprint density at radius 1 is 0.560 bits per heavy atom. The van der Waals surface area contributed by atoms with Gasteiger partial charge in [-0.3, -0.25) is 0 Å². The number of hydrogen-bond acceptors (Lipinski definition) is 1. The Labute approximate surface area is 144 Å². The van der Waals surface area contributed by atoms with Crippen LogP contribution in [0, 0.1) is 20.9 Å². The van der Waals surface area contributed by atoms with Crippen LogP contribution in [0.15, 0.2) is 84.9 Å². The van der Waals surface area contributed by atoms with Crippen LogP contribution < -0.4 is 10.4 Å². The summed E-state index contributed by atoms with van der Waals surface area (Å²) in [4.78, 5) is 0. The van der Waals surface area contributed by atoms with Gasteiger partial charge in [-0.25, -0.2) is 0 Å². The third-order valence-electron chi connectivity index (χ3n) is 5.49. The average molecular weight is 320 g/mol. The van der Waals surface area contributed by atoms with E-state index in [2.05, 4.69) is 84.9 Å². The number of fused-ring (bicyclic) bond motifs is 6. The molecule has 1 saturated heterocycles. The molecule has 2 aliphatic carbocycles. The summed E-state index contributed by atoms with van der Waals surface area (Å²) in [6.07, 6.45) is 4.90. The van der Waals surface area contributed by atoms with Gasteiger partial charge in [0, 0.05) is 0 Å². The standard InChI is InChI=1S/C24H16O/c1-2-8-16-15(7-1)17-9-3-4-11-19(17)21-13-14-22-24(25-22)23(21)20-12-6-5-10-18(16)20/h1-14,22,24H. The third kappa shape index (κ3) is 1.82. The van der Waals surface area contributed by atoms with Crippen LogP contribution in [0.1, 0.15) is 0 Å². The van der Waals surface area contributed by atoms with E-state index in [-0.39, 0.29) is 12.2 Å². The summed E-state index contributed by atoms with van der Waals surface area (Å²) in [5.41, 5.74) is 2.64. The molecule has 3 aliphatic rings. The van der Waals surface area contributed by atoms with Gasteiger partial charge in [0.2, 0.25) is 0 Å². The van der Waals surface area contributed by atoms with Crippen LogP contribution in [0.2, 0.25) is 0 Å². The molecule has 0 aromatic heterocycles. The fourth-order valence-electron chi connectivity index (χ4n) is 4.33. The van der Waals surface area contributed by atoms with E-state index in [9.17, 15) is 0 Å². The van der Waals surface area contributed by atoms with Gasteiger partial charge in [0.15, 0.2) is 0 Å². The molecule has 2 atom stereocenters. The van der Waals surface area contributed by atoms with E-state index in [4.69, 9.17) is 4.74 Å². The van der Waals surface area contributed by atoms with E-state index < -0.39 is 0 Å². The maximum Gasteiger partial charge on any atom is 0.114 e. The van der Waals surface area contributed by atoms with Crippen molar-refractivity contribution in [1.29, 1.82) is 0 Å². The Kier molecular flexibility index (Phi) is 2.58. The smallest absolute Gasteiger partial charge is 0.114 e.